The first-order valence-corrected chi connectivity index (χ1v) is 12.2. The smallest absolute Gasteiger partial charge is 0.339 e. The van der Waals surface area contributed by atoms with Gasteiger partial charge in [0.2, 0.25) is 0 Å². The highest BCUT2D eigenvalue weighted by Crippen LogP contribution is 2.21. The van der Waals surface area contributed by atoms with Crippen molar-refractivity contribution in [3.8, 4) is 5.75 Å². The molecule has 0 atom stereocenters. The van der Waals surface area contributed by atoms with E-state index in [2.05, 4.69) is 5.32 Å². The number of carbonyl (C=O) groups is 1. The molecule has 0 aromatic heterocycles. The first-order chi connectivity index (χ1) is 16.1. The van der Waals surface area contributed by atoms with E-state index in [0.29, 0.717) is 30.3 Å². The van der Waals surface area contributed by atoms with Crippen LogP contribution in [0.15, 0.2) is 77.7 Å². The number of nitrogens with zero attached hydrogens (tertiary/aromatic N) is 2. The monoisotopic (exact) mass is 505 g/mol. The van der Waals surface area contributed by atoms with Gasteiger partial charge in [0.15, 0.2) is 0 Å². The lowest BCUT2D eigenvalue weighted by Crippen LogP contribution is -2.39. The van der Waals surface area contributed by atoms with Gasteiger partial charge in [-0.05, 0) is 80.3 Å². The fraction of sp³-hybridized carbons (Fsp3) is 0.208. The first-order valence-electron chi connectivity index (χ1n) is 10.4. The van der Waals surface area contributed by atoms with E-state index < -0.39 is 15.9 Å². The van der Waals surface area contributed by atoms with Crippen LogP contribution in [0.2, 0.25) is 5.02 Å². The third kappa shape index (κ3) is 7.44. The molecule has 180 valence electrons. The van der Waals surface area contributed by atoms with Gasteiger partial charge < -0.3 is 19.3 Å². The van der Waals surface area contributed by atoms with Crippen LogP contribution in [0.1, 0.15) is 5.56 Å². The number of benzene rings is 3. The number of amides is 2. The molecular weight excluding hydrogens is 481 g/mol. The Morgan fingerprint density at radius 1 is 0.941 bits per heavy atom. The van der Waals surface area contributed by atoms with E-state index in [1.807, 2.05) is 19.0 Å². The Balaban J connectivity index is 1.69. The molecule has 0 heterocycles. The second-order valence-corrected chi connectivity index (χ2v) is 9.78. The summed E-state index contributed by atoms with van der Waals surface area (Å²) in [5, 5.41) is 3.43. The zero-order valence-electron chi connectivity index (χ0n) is 18.7. The summed E-state index contributed by atoms with van der Waals surface area (Å²) in [6, 6.07) is 17.3. The molecule has 0 radical (unpaired) electrons. The minimum absolute atomic E-state index is 0.110. The van der Waals surface area contributed by atoms with Gasteiger partial charge in [-0.15, -0.1) is 0 Å². The van der Waals surface area contributed by atoms with Gasteiger partial charge in [0.05, 0.1) is 0 Å². The molecule has 0 unspecified atom stereocenters. The number of urea groups is 1. The highest BCUT2D eigenvalue weighted by Gasteiger charge is 2.18. The summed E-state index contributed by atoms with van der Waals surface area (Å²) in [5.41, 5.74) is 1.41. The zero-order valence-corrected chi connectivity index (χ0v) is 20.3. The van der Waals surface area contributed by atoms with Gasteiger partial charge in [-0.25, -0.2) is 9.18 Å². The molecule has 34 heavy (non-hydrogen) atoms. The molecule has 0 saturated heterocycles. The Bertz CT molecular complexity index is 1200. The minimum Gasteiger partial charge on any atom is -0.379 e. The predicted molar refractivity (Wildman–Crippen MR) is 130 cm³/mol. The summed E-state index contributed by atoms with van der Waals surface area (Å²) >= 11 is 5.90. The Labute approximate surface area is 203 Å². The lowest BCUT2D eigenvalue weighted by Gasteiger charge is -2.25. The number of likely N-dealkylation sites (N-methyl/N-ethyl adjacent to an activating group) is 1. The van der Waals surface area contributed by atoms with Crippen molar-refractivity contribution in [1.82, 2.24) is 9.80 Å². The molecule has 7 nitrogen and oxygen atoms in total. The van der Waals surface area contributed by atoms with E-state index in [1.165, 1.54) is 12.1 Å². The van der Waals surface area contributed by atoms with Crippen LogP contribution in [0.5, 0.6) is 5.75 Å². The van der Waals surface area contributed by atoms with Crippen LogP contribution in [0, 0.1) is 5.82 Å². The molecule has 0 aliphatic heterocycles. The van der Waals surface area contributed by atoms with Crippen molar-refractivity contribution in [2.24, 2.45) is 0 Å². The molecule has 2 amide bonds. The maximum atomic E-state index is 13.1. The molecule has 3 aromatic rings. The van der Waals surface area contributed by atoms with E-state index in [0.717, 1.165) is 29.8 Å². The summed E-state index contributed by atoms with van der Waals surface area (Å²) in [6.07, 6.45) is 0. The van der Waals surface area contributed by atoms with Crippen molar-refractivity contribution in [2.45, 2.75) is 11.4 Å². The highest BCUT2D eigenvalue weighted by molar-refractivity contribution is 7.87. The van der Waals surface area contributed by atoms with Crippen molar-refractivity contribution < 1.29 is 21.8 Å². The molecule has 10 heteroatoms. The van der Waals surface area contributed by atoms with E-state index in [1.54, 1.807) is 41.3 Å². The third-order valence-electron chi connectivity index (χ3n) is 4.80. The fourth-order valence-electron chi connectivity index (χ4n) is 2.96. The quantitative estimate of drug-likeness (QED) is 0.421. The predicted octanol–water partition coefficient (Wildman–Crippen LogP) is 4.84. The van der Waals surface area contributed by atoms with E-state index in [4.69, 9.17) is 15.8 Å². The van der Waals surface area contributed by atoms with Crippen LogP contribution in [-0.4, -0.2) is 51.4 Å². The summed E-state index contributed by atoms with van der Waals surface area (Å²) in [5.74, 6) is -0.430. The lowest BCUT2D eigenvalue weighted by molar-refractivity contribution is 0.202. The maximum absolute atomic E-state index is 13.1. The Hall–Kier alpha value is -3.14. The molecule has 0 spiro atoms. The summed E-state index contributed by atoms with van der Waals surface area (Å²) in [6.45, 7) is 1.44. The topological polar surface area (TPSA) is 79.0 Å². The molecule has 3 rings (SSSR count). The van der Waals surface area contributed by atoms with Crippen molar-refractivity contribution in [3.63, 3.8) is 0 Å². The number of halogens is 2. The third-order valence-corrected chi connectivity index (χ3v) is 6.32. The van der Waals surface area contributed by atoms with Gasteiger partial charge in [0.25, 0.3) is 0 Å². The molecule has 0 aliphatic carbocycles. The molecule has 0 fully saturated rings. The average molecular weight is 506 g/mol. The van der Waals surface area contributed by atoms with E-state index in [-0.39, 0.29) is 16.7 Å². The molecule has 0 aliphatic rings. The lowest BCUT2D eigenvalue weighted by atomic mass is 10.2. The van der Waals surface area contributed by atoms with Gasteiger partial charge in [0.1, 0.15) is 16.5 Å². The number of carbonyl (C=O) groups excluding carboxylic acids is 1. The molecule has 0 bridgehead atoms. The summed E-state index contributed by atoms with van der Waals surface area (Å²) in [7, 11) is -0.252. The fourth-order valence-corrected chi connectivity index (χ4v) is 4.01. The van der Waals surface area contributed by atoms with Crippen molar-refractivity contribution in [3.05, 3.63) is 89.2 Å². The van der Waals surface area contributed by atoms with Crippen LogP contribution in [0.3, 0.4) is 0 Å². The second-order valence-electron chi connectivity index (χ2n) is 7.80. The Kier molecular flexibility index (Phi) is 8.49. The summed E-state index contributed by atoms with van der Waals surface area (Å²) < 4.78 is 43.0. The van der Waals surface area contributed by atoms with Gasteiger partial charge in [0, 0.05) is 30.3 Å². The van der Waals surface area contributed by atoms with Crippen LogP contribution >= 0.6 is 11.6 Å². The van der Waals surface area contributed by atoms with Crippen LogP contribution in [0.4, 0.5) is 14.9 Å². The maximum Gasteiger partial charge on any atom is 0.339 e. The van der Waals surface area contributed by atoms with Crippen molar-refractivity contribution in [2.75, 3.05) is 32.5 Å². The largest absolute Gasteiger partial charge is 0.379 e. The SMILES string of the molecule is CN(C)CCN(Cc1ccc(OS(=O)(=O)c2ccc(F)cc2)cc1)C(=O)Nc1ccc(Cl)cc1. The van der Waals surface area contributed by atoms with Gasteiger partial charge in [-0.3, -0.25) is 0 Å². The molecule has 0 saturated carbocycles. The van der Waals surface area contributed by atoms with Crippen LogP contribution < -0.4 is 9.50 Å². The number of hydrogen-bond donors (Lipinski definition) is 1. The van der Waals surface area contributed by atoms with Crippen molar-refractivity contribution in [1.29, 1.82) is 0 Å². The van der Waals surface area contributed by atoms with E-state index in [9.17, 15) is 17.6 Å². The molecular formula is C24H25ClFN3O4S. The first kappa shape index (κ1) is 25.5. The number of anilines is 1. The highest BCUT2D eigenvalue weighted by atomic mass is 35.5. The minimum atomic E-state index is -4.09. The van der Waals surface area contributed by atoms with Crippen LogP contribution in [0.25, 0.3) is 0 Å². The second kappa shape index (κ2) is 11.3. The molecule has 1 N–H and O–H groups in total. The number of nitrogens with one attached hydrogen (secondary N) is 1. The van der Waals surface area contributed by atoms with E-state index >= 15 is 0 Å². The Morgan fingerprint density at radius 3 is 2.15 bits per heavy atom. The summed E-state index contributed by atoms with van der Waals surface area (Å²) in [4.78, 5) is 16.4. The average Bonchev–Trinajstić information content (AvgIpc) is 2.79. The van der Waals surface area contributed by atoms with Crippen molar-refractivity contribution >= 4 is 33.4 Å². The normalized spacial score (nSPS) is 11.3. The zero-order chi connectivity index (χ0) is 24.7. The van der Waals surface area contributed by atoms with Gasteiger partial charge in [-0.2, -0.15) is 8.42 Å². The standard InChI is InChI=1S/C24H25ClFN3O4S/c1-28(2)15-16-29(24(30)27-21-9-5-19(25)6-10-21)17-18-3-11-22(12-4-18)33-34(31,32)23-13-7-20(26)8-14-23/h3-14H,15-17H2,1-2H3,(H,27,30). The number of rotatable bonds is 9. The van der Waals surface area contributed by atoms with Crippen LogP contribution in [-0.2, 0) is 16.7 Å². The van der Waals surface area contributed by atoms with Gasteiger partial charge >= 0.3 is 16.1 Å². The number of hydrogen-bond acceptors (Lipinski definition) is 5. The van der Waals surface area contributed by atoms with Gasteiger partial charge in [-0.1, -0.05) is 23.7 Å². The Morgan fingerprint density at radius 2 is 1.56 bits per heavy atom. The molecule has 3 aromatic carbocycles.